The Morgan fingerprint density at radius 3 is 2.50 bits per heavy atom. The average Bonchev–Trinajstić information content (AvgIpc) is 2.64. The maximum atomic E-state index is 12.5. The number of ether oxygens (including phenoxy) is 2. The Labute approximate surface area is 143 Å². The predicted molar refractivity (Wildman–Crippen MR) is 94.8 cm³/mol. The minimum absolute atomic E-state index is 0.0727. The first kappa shape index (κ1) is 17.8. The van der Waals surface area contributed by atoms with Crippen LogP contribution in [0.1, 0.15) is 21.5 Å². The van der Waals surface area contributed by atoms with Crippen molar-refractivity contribution in [3.63, 3.8) is 0 Å². The molecule has 0 atom stereocenters. The molecule has 0 aliphatic rings. The number of hydrogen-bond acceptors (Lipinski definition) is 4. The first-order chi connectivity index (χ1) is 11.7. The van der Waals surface area contributed by atoms with Crippen molar-refractivity contribution in [1.82, 2.24) is 10.6 Å². The molecule has 0 aliphatic carbocycles. The molecule has 2 aromatic rings. The Morgan fingerprint density at radius 2 is 1.79 bits per heavy atom. The van der Waals surface area contributed by atoms with Gasteiger partial charge in [0.05, 0.1) is 14.2 Å². The highest BCUT2D eigenvalue weighted by Crippen LogP contribution is 2.27. The lowest BCUT2D eigenvalue weighted by molar-refractivity contribution is 0.0950. The number of nitrogens with one attached hydrogen (secondary N) is 2. The van der Waals surface area contributed by atoms with Crippen molar-refractivity contribution >= 4 is 5.91 Å². The standard InChI is InChI=1S/C19H24N2O3/c1-20-11-10-15-6-4-5-7-16(15)19(22)21-13-14-8-9-17(23-2)18(12-14)24-3/h4-9,12,20H,10-11,13H2,1-3H3,(H,21,22). The van der Waals surface area contributed by atoms with Crippen molar-refractivity contribution in [1.29, 1.82) is 0 Å². The molecule has 0 fully saturated rings. The summed E-state index contributed by atoms with van der Waals surface area (Å²) in [5.74, 6) is 1.25. The Kier molecular flexibility index (Phi) is 6.63. The second-order valence-corrected chi connectivity index (χ2v) is 5.38. The zero-order valence-electron chi connectivity index (χ0n) is 14.4. The molecule has 0 heterocycles. The Hall–Kier alpha value is -2.53. The topological polar surface area (TPSA) is 59.6 Å². The first-order valence-corrected chi connectivity index (χ1v) is 7.91. The molecule has 5 heteroatoms. The molecule has 0 saturated carbocycles. The summed E-state index contributed by atoms with van der Waals surface area (Å²) in [5, 5.41) is 6.07. The summed E-state index contributed by atoms with van der Waals surface area (Å²) in [6.07, 6.45) is 0.816. The van der Waals surface area contributed by atoms with E-state index in [-0.39, 0.29) is 5.91 Å². The molecule has 128 valence electrons. The smallest absolute Gasteiger partial charge is 0.251 e. The van der Waals surface area contributed by atoms with Gasteiger partial charge in [0.2, 0.25) is 0 Å². The second-order valence-electron chi connectivity index (χ2n) is 5.38. The molecule has 2 N–H and O–H groups in total. The van der Waals surface area contributed by atoms with Crippen LogP contribution in [-0.4, -0.2) is 33.7 Å². The Morgan fingerprint density at radius 1 is 1.04 bits per heavy atom. The SMILES string of the molecule is CNCCc1ccccc1C(=O)NCc1ccc(OC)c(OC)c1. The predicted octanol–water partition coefficient (Wildman–Crippen LogP) is 2.40. The first-order valence-electron chi connectivity index (χ1n) is 7.91. The van der Waals surface area contributed by atoms with Gasteiger partial charge in [0.15, 0.2) is 11.5 Å². The summed E-state index contributed by atoms with van der Waals surface area (Å²) in [7, 11) is 5.10. The number of hydrogen-bond donors (Lipinski definition) is 2. The molecule has 1 amide bonds. The van der Waals surface area contributed by atoms with Crippen LogP contribution < -0.4 is 20.1 Å². The van der Waals surface area contributed by atoms with Crippen LogP contribution in [0.15, 0.2) is 42.5 Å². The van der Waals surface area contributed by atoms with Gasteiger partial charge >= 0.3 is 0 Å². The monoisotopic (exact) mass is 328 g/mol. The third-order valence-electron chi connectivity index (χ3n) is 3.81. The van der Waals surface area contributed by atoms with Crippen molar-refractivity contribution in [2.24, 2.45) is 0 Å². The zero-order valence-corrected chi connectivity index (χ0v) is 14.4. The van der Waals surface area contributed by atoms with E-state index in [9.17, 15) is 4.79 Å². The summed E-state index contributed by atoms with van der Waals surface area (Å²) < 4.78 is 10.5. The Balaban J connectivity index is 2.06. The van der Waals surface area contributed by atoms with Crippen molar-refractivity contribution in [2.45, 2.75) is 13.0 Å². The zero-order chi connectivity index (χ0) is 17.4. The Bertz CT molecular complexity index is 686. The minimum Gasteiger partial charge on any atom is -0.493 e. The van der Waals surface area contributed by atoms with Gasteiger partial charge in [-0.25, -0.2) is 0 Å². The number of benzene rings is 2. The molecule has 0 saturated heterocycles. The lowest BCUT2D eigenvalue weighted by Gasteiger charge is -2.12. The van der Waals surface area contributed by atoms with Gasteiger partial charge in [-0.05, 0) is 49.3 Å². The van der Waals surface area contributed by atoms with E-state index in [0.29, 0.717) is 23.6 Å². The van der Waals surface area contributed by atoms with E-state index in [1.54, 1.807) is 14.2 Å². The normalized spacial score (nSPS) is 10.3. The van der Waals surface area contributed by atoms with Crippen molar-refractivity contribution in [2.75, 3.05) is 27.8 Å². The molecule has 5 nitrogen and oxygen atoms in total. The molecule has 2 aromatic carbocycles. The van der Waals surface area contributed by atoms with Gasteiger partial charge in [0.25, 0.3) is 5.91 Å². The van der Waals surface area contributed by atoms with Gasteiger partial charge in [0, 0.05) is 12.1 Å². The van der Waals surface area contributed by atoms with Crippen LogP contribution in [0.4, 0.5) is 0 Å². The molecular weight excluding hydrogens is 304 g/mol. The number of rotatable bonds is 8. The molecule has 24 heavy (non-hydrogen) atoms. The van der Waals surface area contributed by atoms with E-state index in [4.69, 9.17) is 9.47 Å². The van der Waals surface area contributed by atoms with Crippen LogP contribution in [0.3, 0.4) is 0 Å². The summed E-state index contributed by atoms with van der Waals surface area (Å²) in [6.45, 7) is 1.26. The number of amides is 1. The largest absolute Gasteiger partial charge is 0.493 e. The number of carbonyl (C=O) groups excluding carboxylic acids is 1. The fourth-order valence-electron chi connectivity index (χ4n) is 2.49. The number of likely N-dealkylation sites (N-methyl/N-ethyl adjacent to an activating group) is 1. The van der Waals surface area contributed by atoms with Crippen LogP contribution in [0, 0.1) is 0 Å². The molecule has 0 aromatic heterocycles. The van der Waals surface area contributed by atoms with Crippen LogP contribution in [0.2, 0.25) is 0 Å². The maximum Gasteiger partial charge on any atom is 0.251 e. The highest BCUT2D eigenvalue weighted by molar-refractivity contribution is 5.95. The third kappa shape index (κ3) is 4.49. The molecule has 0 bridgehead atoms. The fraction of sp³-hybridized carbons (Fsp3) is 0.316. The summed E-state index contributed by atoms with van der Waals surface area (Å²) >= 11 is 0. The van der Waals surface area contributed by atoms with Gasteiger partial charge in [-0.15, -0.1) is 0 Å². The summed E-state index contributed by atoms with van der Waals surface area (Å²) in [6, 6.07) is 13.3. The lowest BCUT2D eigenvalue weighted by atomic mass is 10.0. The van der Waals surface area contributed by atoms with E-state index in [2.05, 4.69) is 10.6 Å². The van der Waals surface area contributed by atoms with Gasteiger partial charge in [-0.2, -0.15) is 0 Å². The summed E-state index contributed by atoms with van der Waals surface area (Å²) in [4.78, 5) is 12.5. The molecule has 0 unspecified atom stereocenters. The van der Waals surface area contributed by atoms with E-state index in [1.807, 2.05) is 49.5 Å². The van der Waals surface area contributed by atoms with Crippen LogP contribution in [-0.2, 0) is 13.0 Å². The second kappa shape index (κ2) is 8.93. The molecule has 0 spiro atoms. The van der Waals surface area contributed by atoms with Crippen molar-refractivity contribution in [3.05, 3.63) is 59.2 Å². The van der Waals surface area contributed by atoms with Crippen LogP contribution in [0.5, 0.6) is 11.5 Å². The van der Waals surface area contributed by atoms with Gasteiger partial charge in [0.1, 0.15) is 0 Å². The van der Waals surface area contributed by atoms with E-state index in [1.165, 1.54) is 0 Å². The lowest BCUT2D eigenvalue weighted by Crippen LogP contribution is -2.24. The van der Waals surface area contributed by atoms with E-state index >= 15 is 0 Å². The molecule has 2 rings (SSSR count). The number of methoxy groups -OCH3 is 2. The highest BCUT2D eigenvalue weighted by Gasteiger charge is 2.11. The summed E-state index contributed by atoms with van der Waals surface area (Å²) in [5.41, 5.74) is 2.71. The molecular formula is C19H24N2O3. The van der Waals surface area contributed by atoms with Gasteiger partial charge in [-0.3, -0.25) is 4.79 Å². The van der Waals surface area contributed by atoms with Crippen LogP contribution >= 0.6 is 0 Å². The maximum absolute atomic E-state index is 12.5. The van der Waals surface area contributed by atoms with Crippen LogP contribution in [0.25, 0.3) is 0 Å². The molecule has 0 radical (unpaired) electrons. The van der Waals surface area contributed by atoms with E-state index in [0.717, 1.165) is 24.1 Å². The molecule has 0 aliphatic heterocycles. The highest BCUT2D eigenvalue weighted by atomic mass is 16.5. The minimum atomic E-state index is -0.0727. The number of carbonyl (C=O) groups is 1. The quantitative estimate of drug-likeness (QED) is 0.781. The van der Waals surface area contributed by atoms with Crippen molar-refractivity contribution < 1.29 is 14.3 Å². The fourth-order valence-corrected chi connectivity index (χ4v) is 2.49. The van der Waals surface area contributed by atoms with Gasteiger partial charge in [-0.1, -0.05) is 24.3 Å². The van der Waals surface area contributed by atoms with Crippen molar-refractivity contribution in [3.8, 4) is 11.5 Å². The van der Waals surface area contributed by atoms with E-state index < -0.39 is 0 Å². The average molecular weight is 328 g/mol. The third-order valence-corrected chi connectivity index (χ3v) is 3.81. The van der Waals surface area contributed by atoms with Gasteiger partial charge < -0.3 is 20.1 Å².